The summed E-state index contributed by atoms with van der Waals surface area (Å²) in [6.07, 6.45) is 0. The summed E-state index contributed by atoms with van der Waals surface area (Å²) in [7, 11) is 1.88. The van der Waals surface area contributed by atoms with Crippen LogP contribution in [0.5, 0.6) is 0 Å². The normalized spacial score (nSPS) is 10.6. The molecule has 0 aliphatic heterocycles. The number of halogens is 1. The molecule has 0 radical (unpaired) electrons. The van der Waals surface area contributed by atoms with Crippen molar-refractivity contribution in [3.63, 3.8) is 0 Å². The number of para-hydroxylation sites is 2. The molecule has 122 valence electrons. The number of hydrogen-bond acceptors (Lipinski definition) is 2. The number of nitrogens with one attached hydrogen (secondary N) is 2. The van der Waals surface area contributed by atoms with Gasteiger partial charge in [0.2, 0.25) is 5.56 Å². The molecule has 0 atom stereocenters. The second kappa shape index (κ2) is 7.03. The maximum Gasteiger partial charge on any atom is 0.248 e. The van der Waals surface area contributed by atoms with Gasteiger partial charge in [0, 0.05) is 30.6 Å². The van der Waals surface area contributed by atoms with Crippen molar-refractivity contribution in [3.05, 3.63) is 75.5 Å². The molecule has 0 saturated carbocycles. The van der Waals surface area contributed by atoms with Gasteiger partial charge in [-0.25, -0.2) is 0 Å². The smallest absolute Gasteiger partial charge is 0.248 e. The van der Waals surface area contributed by atoms with Gasteiger partial charge in [0.15, 0.2) is 5.11 Å². The summed E-state index contributed by atoms with van der Waals surface area (Å²) >= 11 is 11.6. The number of anilines is 1. The van der Waals surface area contributed by atoms with Crippen LogP contribution >= 0.6 is 23.8 Å². The number of H-pyrrole nitrogens is 1. The van der Waals surface area contributed by atoms with Crippen molar-refractivity contribution in [2.45, 2.75) is 6.54 Å². The van der Waals surface area contributed by atoms with E-state index in [-0.39, 0.29) is 5.56 Å². The molecule has 0 amide bonds. The first-order valence-corrected chi connectivity index (χ1v) is 8.21. The Morgan fingerprint density at radius 2 is 1.92 bits per heavy atom. The van der Waals surface area contributed by atoms with Gasteiger partial charge in [-0.05, 0) is 36.0 Å². The van der Waals surface area contributed by atoms with E-state index in [2.05, 4.69) is 10.3 Å². The molecule has 0 fully saturated rings. The van der Waals surface area contributed by atoms with Crippen LogP contribution in [-0.4, -0.2) is 22.0 Å². The van der Waals surface area contributed by atoms with Crippen LogP contribution in [0.25, 0.3) is 10.9 Å². The number of aromatic nitrogens is 1. The third-order valence-corrected chi connectivity index (χ3v) is 4.45. The maximum absolute atomic E-state index is 11.9. The Bertz CT molecular complexity index is 954. The Hall–Kier alpha value is -2.37. The standard InChI is InChI=1S/C18H16ClN3OS/c1-22(18(24)21-16-9-5-3-7-14(16)19)11-12-10-17(23)20-15-8-4-2-6-13(12)15/h2-10H,11H2,1H3,(H,20,23)(H,21,24). The summed E-state index contributed by atoms with van der Waals surface area (Å²) < 4.78 is 0. The highest BCUT2D eigenvalue weighted by Crippen LogP contribution is 2.21. The van der Waals surface area contributed by atoms with Gasteiger partial charge in [-0.1, -0.05) is 41.9 Å². The van der Waals surface area contributed by atoms with E-state index < -0.39 is 0 Å². The topological polar surface area (TPSA) is 48.1 Å². The molecule has 0 spiro atoms. The molecule has 1 heterocycles. The number of benzene rings is 2. The first-order chi connectivity index (χ1) is 11.5. The van der Waals surface area contributed by atoms with Crippen molar-refractivity contribution in [1.82, 2.24) is 9.88 Å². The van der Waals surface area contributed by atoms with E-state index in [0.29, 0.717) is 16.7 Å². The van der Waals surface area contributed by atoms with Crippen molar-refractivity contribution >= 4 is 45.5 Å². The number of hydrogen-bond donors (Lipinski definition) is 2. The largest absolute Gasteiger partial charge is 0.348 e. The summed E-state index contributed by atoms with van der Waals surface area (Å²) in [4.78, 5) is 16.6. The van der Waals surface area contributed by atoms with Gasteiger partial charge in [-0.15, -0.1) is 0 Å². The minimum atomic E-state index is -0.123. The van der Waals surface area contributed by atoms with Crippen LogP contribution in [0.1, 0.15) is 5.56 Å². The van der Waals surface area contributed by atoms with Crippen molar-refractivity contribution in [3.8, 4) is 0 Å². The van der Waals surface area contributed by atoms with Crippen molar-refractivity contribution in [2.75, 3.05) is 12.4 Å². The highest BCUT2D eigenvalue weighted by molar-refractivity contribution is 7.80. The lowest BCUT2D eigenvalue weighted by Crippen LogP contribution is -2.31. The molecule has 24 heavy (non-hydrogen) atoms. The Labute approximate surface area is 150 Å². The van der Waals surface area contributed by atoms with Crippen molar-refractivity contribution in [1.29, 1.82) is 0 Å². The van der Waals surface area contributed by atoms with Crippen LogP contribution in [0.4, 0.5) is 5.69 Å². The molecule has 0 bridgehead atoms. The Kier molecular flexibility index (Phi) is 4.83. The fraction of sp³-hybridized carbons (Fsp3) is 0.111. The molecule has 2 aromatic carbocycles. The predicted octanol–water partition coefficient (Wildman–Crippen LogP) is 4.01. The quantitative estimate of drug-likeness (QED) is 0.695. The van der Waals surface area contributed by atoms with E-state index >= 15 is 0 Å². The first-order valence-electron chi connectivity index (χ1n) is 7.42. The lowest BCUT2D eigenvalue weighted by Gasteiger charge is -2.22. The van der Waals surface area contributed by atoms with E-state index in [0.717, 1.165) is 22.2 Å². The molecular weight excluding hydrogens is 342 g/mol. The third-order valence-electron chi connectivity index (χ3n) is 3.71. The van der Waals surface area contributed by atoms with Crippen LogP contribution < -0.4 is 10.9 Å². The van der Waals surface area contributed by atoms with E-state index in [4.69, 9.17) is 23.8 Å². The summed E-state index contributed by atoms with van der Waals surface area (Å²) in [6, 6.07) is 16.8. The van der Waals surface area contributed by atoms with Crippen LogP contribution in [0.3, 0.4) is 0 Å². The number of aromatic amines is 1. The van der Waals surface area contributed by atoms with Crippen molar-refractivity contribution < 1.29 is 0 Å². The molecule has 4 nitrogen and oxygen atoms in total. The lowest BCUT2D eigenvalue weighted by atomic mass is 10.1. The maximum atomic E-state index is 11.9. The zero-order valence-corrected chi connectivity index (χ0v) is 14.6. The third kappa shape index (κ3) is 3.58. The zero-order valence-electron chi connectivity index (χ0n) is 13.0. The molecule has 0 unspecified atom stereocenters. The average Bonchev–Trinajstić information content (AvgIpc) is 2.56. The number of nitrogens with zero attached hydrogens (tertiary/aromatic N) is 1. The van der Waals surface area contributed by atoms with E-state index in [1.165, 1.54) is 0 Å². The second-order valence-corrected chi connectivity index (χ2v) is 6.26. The van der Waals surface area contributed by atoms with E-state index in [1.54, 1.807) is 12.1 Å². The molecule has 0 aliphatic carbocycles. The average molecular weight is 358 g/mol. The second-order valence-electron chi connectivity index (χ2n) is 5.47. The fourth-order valence-corrected chi connectivity index (χ4v) is 2.87. The van der Waals surface area contributed by atoms with Gasteiger partial charge in [0.05, 0.1) is 10.7 Å². The lowest BCUT2D eigenvalue weighted by molar-refractivity contribution is 0.510. The highest BCUT2D eigenvalue weighted by atomic mass is 35.5. The van der Waals surface area contributed by atoms with Gasteiger partial charge in [0.25, 0.3) is 0 Å². The fourth-order valence-electron chi connectivity index (χ4n) is 2.51. The van der Waals surface area contributed by atoms with E-state index in [9.17, 15) is 4.79 Å². The van der Waals surface area contributed by atoms with Crippen LogP contribution in [-0.2, 0) is 6.54 Å². The number of fused-ring (bicyclic) bond motifs is 1. The van der Waals surface area contributed by atoms with Crippen molar-refractivity contribution in [2.24, 2.45) is 0 Å². The minimum Gasteiger partial charge on any atom is -0.348 e. The van der Waals surface area contributed by atoms with Gasteiger partial charge < -0.3 is 15.2 Å². The Morgan fingerprint density at radius 1 is 1.21 bits per heavy atom. The van der Waals surface area contributed by atoms with Gasteiger partial charge in [-0.2, -0.15) is 0 Å². The first kappa shape index (κ1) is 16.5. The summed E-state index contributed by atoms with van der Waals surface area (Å²) in [5.74, 6) is 0. The van der Waals surface area contributed by atoms with Gasteiger partial charge >= 0.3 is 0 Å². The van der Waals surface area contributed by atoms with Gasteiger partial charge in [0.1, 0.15) is 0 Å². The molecule has 6 heteroatoms. The highest BCUT2D eigenvalue weighted by Gasteiger charge is 2.10. The molecule has 3 aromatic rings. The Morgan fingerprint density at radius 3 is 2.71 bits per heavy atom. The molecule has 3 rings (SSSR count). The summed E-state index contributed by atoms with van der Waals surface area (Å²) in [5, 5.41) is 5.28. The van der Waals surface area contributed by atoms with Crippen LogP contribution in [0.15, 0.2) is 59.4 Å². The molecule has 2 N–H and O–H groups in total. The molecular formula is C18H16ClN3OS. The van der Waals surface area contributed by atoms with Crippen LogP contribution in [0.2, 0.25) is 5.02 Å². The monoisotopic (exact) mass is 357 g/mol. The number of thiocarbonyl (C=S) groups is 1. The SMILES string of the molecule is CN(Cc1cc(=O)[nH]c2ccccc12)C(=S)Nc1ccccc1Cl. The van der Waals surface area contributed by atoms with Gasteiger partial charge in [-0.3, -0.25) is 4.79 Å². The summed E-state index contributed by atoms with van der Waals surface area (Å²) in [5.41, 5.74) is 2.37. The predicted molar refractivity (Wildman–Crippen MR) is 104 cm³/mol. The molecule has 0 saturated heterocycles. The molecule has 1 aromatic heterocycles. The number of rotatable bonds is 3. The minimum absolute atomic E-state index is 0.123. The molecule has 0 aliphatic rings. The number of pyridine rings is 1. The Balaban J connectivity index is 1.82. The van der Waals surface area contributed by atoms with Crippen LogP contribution in [0, 0.1) is 0 Å². The summed E-state index contributed by atoms with van der Waals surface area (Å²) in [6.45, 7) is 0.515. The zero-order chi connectivity index (χ0) is 17.1. The van der Waals surface area contributed by atoms with E-state index in [1.807, 2.05) is 54.4 Å².